The summed E-state index contributed by atoms with van der Waals surface area (Å²) in [7, 11) is 0. The lowest BCUT2D eigenvalue weighted by Crippen LogP contribution is -2.34. The van der Waals surface area contributed by atoms with Gasteiger partial charge in [0.15, 0.2) is 5.82 Å². The molecule has 0 spiro atoms. The number of amides is 1. The number of carbonyl (C=O) groups is 1. The van der Waals surface area contributed by atoms with Crippen LogP contribution in [0.25, 0.3) is 11.4 Å². The second-order valence-corrected chi connectivity index (χ2v) is 6.35. The van der Waals surface area contributed by atoms with E-state index in [1.54, 1.807) is 6.20 Å². The van der Waals surface area contributed by atoms with Crippen LogP contribution in [0.5, 0.6) is 0 Å². The van der Waals surface area contributed by atoms with Gasteiger partial charge in [-0.15, -0.1) is 0 Å². The van der Waals surface area contributed by atoms with Crippen LogP contribution in [0.4, 0.5) is 0 Å². The van der Waals surface area contributed by atoms with E-state index in [1.165, 1.54) is 0 Å². The molecule has 1 fully saturated rings. The van der Waals surface area contributed by atoms with Crippen molar-refractivity contribution in [1.29, 1.82) is 0 Å². The summed E-state index contributed by atoms with van der Waals surface area (Å²) in [6.07, 6.45) is 3.70. The largest absolute Gasteiger partial charge is 0.361 e. The van der Waals surface area contributed by atoms with E-state index in [2.05, 4.69) is 10.1 Å². The molecule has 2 aromatic rings. The molecule has 0 saturated carbocycles. The molecule has 1 amide bonds. The van der Waals surface area contributed by atoms with Gasteiger partial charge in [-0.2, -0.15) is 0 Å². The molecule has 1 atom stereocenters. The van der Waals surface area contributed by atoms with Crippen molar-refractivity contribution in [3.05, 3.63) is 29.4 Å². The zero-order chi connectivity index (χ0) is 16.6. The van der Waals surface area contributed by atoms with Crippen LogP contribution >= 0.6 is 0 Å². The Balaban J connectivity index is 1.95. The first kappa shape index (κ1) is 15.6. The van der Waals surface area contributed by atoms with Crippen molar-refractivity contribution >= 4 is 5.91 Å². The highest BCUT2D eigenvalue weighted by Crippen LogP contribution is 2.33. The summed E-state index contributed by atoms with van der Waals surface area (Å²) in [5.41, 5.74) is 2.51. The molecular weight excluding hydrogens is 292 g/mol. The first-order valence-electron chi connectivity index (χ1n) is 8.05. The van der Waals surface area contributed by atoms with Crippen molar-refractivity contribution < 1.29 is 9.32 Å². The van der Waals surface area contributed by atoms with Crippen LogP contribution in [0.3, 0.4) is 0 Å². The summed E-state index contributed by atoms with van der Waals surface area (Å²) in [6, 6.07) is 1.94. The van der Waals surface area contributed by atoms with E-state index in [-0.39, 0.29) is 17.9 Å². The van der Waals surface area contributed by atoms with Crippen LogP contribution in [0.15, 0.2) is 16.8 Å². The summed E-state index contributed by atoms with van der Waals surface area (Å²) in [5.74, 6) is 1.51. The molecule has 122 valence electrons. The van der Waals surface area contributed by atoms with Crippen molar-refractivity contribution in [1.82, 2.24) is 20.0 Å². The predicted molar refractivity (Wildman–Crippen MR) is 85.5 cm³/mol. The van der Waals surface area contributed by atoms with Crippen molar-refractivity contribution in [2.24, 2.45) is 5.92 Å². The Morgan fingerprint density at radius 2 is 2.17 bits per heavy atom. The van der Waals surface area contributed by atoms with Crippen LogP contribution in [0.1, 0.15) is 49.9 Å². The molecule has 6 heteroatoms. The van der Waals surface area contributed by atoms with Crippen LogP contribution in [-0.2, 0) is 4.79 Å². The standard InChI is InChI=1S/C17H22N4O2/c1-10(2)17(22)21-9-5-6-14(21)13-7-8-18-16(19-13)15-11(3)20-23-12(15)4/h7-8,10,14H,5-6,9H2,1-4H3/t14-/m1/s1. The second-order valence-electron chi connectivity index (χ2n) is 6.35. The summed E-state index contributed by atoms with van der Waals surface area (Å²) >= 11 is 0. The van der Waals surface area contributed by atoms with Crippen molar-refractivity contribution in [2.45, 2.75) is 46.6 Å². The van der Waals surface area contributed by atoms with Crippen LogP contribution in [0, 0.1) is 19.8 Å². The molecule has 0 radical (unpaired) electrons. The number of aryl methyl sites for hydroxylation is 2. The third kappa shape index (κ3) is 2.85. The Hall–Kier alpha value is -2.24. The molecule has 3 rings (SSSR count). The molecule has 2 aromatic heterocycles. The van der Waals surface area contributed by atoms with E-state index in [4.69, 9.17) is 9.51 Å². The average Bonchev–Trinajstić information content (AvgIpc) is 3.13. The number of hydrogen-bond acceptors (Lipinski definition) is 5. The quantitative estimate of drug-likeness (QED) is 0.870. The molecule has 0 aromatic carbocycles. The van der Waals surface area contributed by atoms with Gasteiger partial charge in [0, 0.05) is 18.7 Å². The minimum Gasteiger partial charge on any atom is -0.361 e. The zero-order valence-corrected chi connectivity index (χ0v) is 14.0. The fourth-order valence-electron chi connectivity index (χ4n) is 3.15. The van der Waals surface area contributed by atoms with Gasteiger partial charge >= 0.3 is 0 Å². The number of nitrogens with zero attached hydrogens (tertiary/aromatic N) is 4. The van der Waals surface area contributed by atoms with Crippen molar-refractivity contribution in [3.8, 4) is 11.4 Å². The van der Waals surface area contributed by atoms with Gasteiger partial charge in [-0.25, -0.2) is 9.97 Å². The molecule has 3 heterocycles. The predicted octanol–water partition coefficient (Wildman–Crippen LogP) is 3.07. The molecule has 0 bridgehead atoms. The van der Waals surface area contributed by atoms with Gasteiger partial charge in [0.05, 0.1) is 23.0 Å². The molecule has 1 saturated heterocycles. The molecule has 1 aliphatic rings. The lowest BCUT2D eigenvalue weighted by Gasteiger charge is -2.26. The maximum atomic E-state index is 12.4. The Bertz CT molecular complexity index is 704. The van der Waals surface area contributed by atoms with E-state index in [0.717, 1.165) is 36.3 Å². The Morgan fingerprint density at radius 3 is 2.83 bits per heavy atom. The maximum absolute atomic E-state index is 12.4. The SMILES string of the molecule is Cc1noc(C)c1-c1nccc([C@H]2CCCN2C(=O)C(C)C)n1. The Labute approximate surface area is 135 Å². The average molecular weight is 314 g/mol. The zero-order valence-electron chi connectivity index (χ0n) is 14.0. The maximum Gasteiger partial charge on any atom is 0.225 e. The highest BCUT2D eigenvalue weighted by atomic mass is 16.5. The van der Waals surface area contributed by atoms with Gasteiger partial charge in [-0.05, 0) is 32.8 Å². The minimum absolute atomic E-state index is 0.000490. The Morgan fingerprint density at radius 1 is 1.39 bits per heavy atom. The second kappa shape index (κ2) is 6.10. The third-order valence-electron chi connectivity index (χ3n) is 4.31. The Kier molecular flexibility index (Phi) is 4.15. The van der Waals surface area contributed by atoms with Gasteiger partial charge in [0.25, 0.3) is 0 Å². The molecule has 0 unspecified atom stereocenters. The van der Waals surface area contributed by atoms with Crippen molar-refractivity contribution in [3.63, 3.8) is 0 Å². The number of aromatic nitrogens is 3. The monoisotopic (exact) mass is 314 g/mol. The van der Waals surface area contributed by atoms with Gasteiger partial charge in [0.1, 0.15) is 5.76 Å². The lowest BCUT2D eigenvalue weighted by molar-refractivity contribution is -0.135. The molecule has 0 aliphatic carbocycles. The first-order valence-corrected chi connectivity index (χ1v) is 8.05. The van der Waals surface area contributed by atoms with Gasteiger partial charge < -0.3 is 9.42 Å². The summed E-state index contributed by atoms with van der Waals surface area (Å²) < 4.78 is 5.21. The summed E-state index contributed by atoms with van der Waals surface area (Å²) in [6.45, 7) is 8.41. The molecule has 23 heavy (non-hydrogen) atoms. The summed E-state index contributed by atoms with van der Waals surface area (Å²) in [4.78, 5) is 23.4. The van der Waals surface area contributed by atoms with Gasteiger partial charge in [0.2, 0.25) is 5.91 Å². The number of likely N-dealkylation sites (tertiary alicyclic amines) is 1. The first-order chi connectivity index (χ1) is 11.0. The fraction of sp³-hybridized carbons (Fsp3) is 0.529. The highest BCUT2D eigenvalue weighted by molar-refractivity contribution is 5.78. The molecule has 6 nitrogen and oxygen atoms in total. The number of rotatable bonds is 3. The van der Waals surface area contributed by atoms with E-state index in [1.807, 2.05) is 38.7 Å². The van der Waals surface area contributed by atoms with Crippen LogP contribution in [0.2, 0.25) is 0 Å². The smallest absolute Gasteiger partial charge is 0.225 e. The lowest BCUT2D eigenvalue weighted by atomic mass is 10.1. The third-order valence-corrected chi connectivity index (χ3v) is 4.31. The van der Waals surface area contributed by atoms with Gasteiger partial charge in [-0.3, -0.25) is 4.79 Å². The van der Waals surface area contributed by atoms with Crippen molar-refractivity contribution in [2.75, 3.05) is 6.54 Å². The highest BCUT2D eigenvalue weighted by Gasteiger charge is 2.32. The topological polar surface area (TPSA) is 72.1 Å². The van der Waals surface area contributed by atoms with Crippen LogP contribution in [-0.4, -0.2) is 32.5 Å². The van der Waals surface area contributed by atoms with E-state index in [0.29, 0.717) is 11.6 Å². The minimum atomic E-state index is -0.000490. The summed E-state index contributed by atoms with van der Waals surface area (Å²) in [5, 5.41) is 3.97. The number of carbonyl (C=O) groups excluding carboxylic acids is 1. The van der Waals surface area contributed by atoms with E-state index < -0.39 is 0 Å². The molecule has 1 aliphatic heterocycles. The molecular formula is C17H22N4O2. The molecule has 0 N–H and O–H groups in total. The van der Waals surface area contributed by atoms with Gasteiger partial charge in [-0.1, -0.05) is 19.0 Å². The normalized spacial score (nSPS) is 18.0. The van der Waals surface area contributed by atoms with E-state index >= 15 is 0 Å². The fourth-order valence-corrected chi connectivity index (χ4v) is 3.15. The van der Waals surface area contributed by atoms with E-state index in [9.17, 15) is 4.79 Å². The van der Waals surface area contributed by atoms with Crippen LogP contribution < -0.4 is 0 Å². The number of hydrogen-bond donors (Lipinski definition) is 0.